The van der Waals surface area contributed by atoms with Crippen molar-refractivity contribution in [3.63, 3.8) is 0 Å². The molecule has 3 heteroatoms. The highest BCUT2D eigenvalue weighted by atomic mass is 32.1. The summed E-state index contributed by atoms with van der Waals surface area (Å²) in [6.45, 7) is 0.676. The molecule has 0 saturated heterocycles. The Morgan fingerprint density at radius 1 is 1.38 bits per heavy atom. The van der Waals surface area contributed by atoms with Crippen LogP contribution in [0.5, 0.6) is 0 Å². The summed E-state index contributed by atoms with van der Waals surface area (Å²) in [6, 6.07) is 5.88. The minimum atomic E-state index is 0.0523. The van der Waals surface area contributed by atoms with E-state index in [1.807, 2.05) is 12.1 Å². The topological polar surface area (TPSA) is 29.1 Å². The number of hydrogen-bond acceptors (Lipinski definition) is 2. The average molecular weight is 189 g/mol. The number of amides is 1. The molecule has 1 aliphatic rings. The zero-order valence-electron chi connectivity index (χ0n) is 6.83. The van der Waals surface area contributed by atoms with E-state index in [9.17, 15) is 4.79 Å². The van der Waals surface area contributed by atoms with Crippen LogP contribution in [0.1, 0.15) is 15.9 Å². The maximum Gasteiger partial charge on any atom is 0.252 e. The van der Waals surface area contributed by atoms with E-state index < -0.39 is 0 Å². The molecule has 2 aromatic rings. The van der Waals surface area contributed by atoms with Crippen LogP contribution in [0.4, 0.5) is 0 Å². The van der Waals surface area contributed by atoms with Crippen LogP contribution in [0.2, 0.25) is 0 Å². The van der Waals surface area contributed by atoms with Gasteiger partial charge < -0.3 is 5.32 Å². The van der Waals surface area contributed by atoms with E-state index in [0.29, 0.717) is 6.54 Å². The molecule has 1 N–H and O–H groups in total. The van der Waals surface area contributed by atoms with Crippen LogP contribution in [-0.4, -0.2) is 5.91 Å². The molecule has 1 aromatic heterocycles. The van der Waals surface area contributed by atoms with E-state index >= 15 is 0 Å². The van der Waals surface area contributed by atoms with Gasteiger partial charge in [0.25, 0.3) is 5.91 Å². The minimum absolute atomic E-state index is 0.0523. The molecule has 1 aromatic carbocycles. The average Bonchev–Trinajstić information content (AvgIpc) is 2.57. The number of hydrogen-bond donors (Lipinski definition) is 1. The molecule has 13 heavy (non-hydrogen) atoms. The Labute approximate surface area is 79.2 Å². The van der Waals surface area contributed by atoms with Crippen molar-refractivity contribution in [1.82, 2.24) is 5.32 Å². The summed E-state index contributed by atoms with van der Waals surface area (Å²) in [5.74, 6) is 0.0523. The smallest absolute Gasteiger partial charge is 0.252 e. The molecular weight excluding hydrogens is 182 g/mol. The molecule has 3 rings (SSSR count). The molecule has 0 bridgehead atoms. The Kier molecular flexibility index (Phi) is 1.27. The Bertz CT molecular complexity index is 501. The van der Waals surface area contributed by atoms with E-state index in [0.717, 1.165) is 10.9 Å². The predicted molar refractivity (Wildman–Crippen MR) is 53.0 cm³/mol. The van der Waals surface area contributed by atoms with Crippen LogP contribution in [-0.2, 0) is 6.54 Å². The van der Waals surface area contributed by atoms with Gasteiger partial charge in [-0.1, -0.05) is 6.07 Å². The highest BCUT2D eigenvalue weighted by Crippen LogP contribution is 2.31. The highest BCUT2D eigenvalue weighted by Gasteiger charge is 2.18. The first-order valence-electron chi connectivity index (χ1n) is 4.13. The zero-order chi connectivity index (χ0) is 8.84. The normalized spacial score (nSPS) is 14.6. The van der Waals surface area contributed by atoms with Crippen LogP contribution in [0, 0.1) is 0 Å². The Balaban J connectivity index is 2.52. The lowest BCUT2D eigenvalue weighted by Gasteiger charge is -2.12. The lowest BCUT2D eigenvalue weighted by Crippen LogP contribution is -2.26. The standard InChI is InChI=1S/C10H7NOS/c12-10-7-2-1-3-8-9(7)6(4-11-10)5-13-8/h1-3,5H,4H2,(H,11,12). The van der Waals surface area contributed by atoms with Crippen molar-refractivity contribution in [2.45, 2.75) is 6.54 Å². The van der Waals surface area contributed by atoms with Crippen LogP contribution >= 0.6 is 11.3 Å². The number of benzene rings is 1. The summed E-state index contributed by atoms with van der Waals surface area (Å²) < 4.78 is 1.21. The fourth-order valence-electron chi connectivity index (χ4n) is 1.74. The van der Waals surface area contributed by atoms with Crippen LogP contribution in [0.25, 0.3) is 10.1 Å². The van der Waals surface area contributed by atoms with Crippen molar-refractivity contribution in [3.8, 4) is 0 Å². The van der Waals surface area contributed by atoms with Crippen molar-refractivity contribution in [2.75, 3.05) is 0 Å². The molecule has 0 radical (unpaired) electrons. The number of carbonyl (C=O) groups excluding carboxylic acids is 1. The van der Waals surface area contributed by atoms with E-state index in [1.165, 1.54) is 10.3 Å². The maximum absolute atomic E-state index is 11.5. The molecule has 0 spiro atoms. The Morgan fingerprint density at radius 3 is 3.23 bits per heavy atom. The molecule has 2 nitrogen and oxygen atoms in total. The first kappa shape index (κ1) is 7.09. The van der Waals surface area contributed by atoms with E-state index in [1.54, 1.807) is 11.3 Å². The van der Waals surface area contributed by atoms with Crippen LogP contribution in [0.15, 0.2) is 23.6 Å². The third-order valence-electron chi connectivity index (χ3n) is 2.36. The van der Waals surface area contributed by atoms with E-state index in [4.69, 9.17) is 0 Å². The van der Waals surface area contributed by atoms with E-state index in [-0.39, 0.29) is 5.91 Å². The lowest BCUT2D eigenvalue weighted by molar-refractivity contribution is 0.0949. The number of nitrogens with one attached hydrogen (secondary N) is 1. The third kappa shape index (κ3) is 0.848. The van der Waals surface area contributed by atoms with Crippen LogP contribution < -0.4 is 5.32 Å². The van der Waals surface area contributed by atoms with Gasteiger partial charge in [-0.05, 0) is 23.1 Å². The summed E-state index contributed by atoms with van der Waals surface area (Å²) >= 11 is 1.70. The van der Waals surface area contributed by atoms with Gasteiger partial charge in [0.2, 0.25) is 0 Å². The quantitative estimate of drug-likeness (QED) is 0.676. The number of rotatable bonds is 0. The molecular formula is C10H7NOS. The van der Waals surface area contributed by atoms with Crippen molar-refractivity contribution < 1.29 is 4.79 Å². The number of carbonyl (C=O) groups is 1. The van der Waals surface area contributed by atoms with E-state index in [2.05, 4.69) is 16.8 Å². The van der Waals surface area contributed by atoms with Gasteiger partial charge in [-0.25, -0.2) is 0 Å². The summed E-state index contributed by atoms with van der Waals surface area (Å²) in [6.07, 6.45) is 0. The molecule has 0 atom stereocenters. The van der Waals surface area contributed by atoms with Gasteiger partial charge in [-0.15, -0.1) is 11.3 Å². The van der Waals surface area contributed by atoms with Crippen molar-refractivity contribution >= 4 is 27.3 Å². The zero-order valence-corrected chi connectivity index (χ0v) is 7.65. The van der Waals surface area contributed by atoms with Gasteiger partial charge >= 0.3 is 0 Å². The summed E-state index contributed by atoms with van der Waals surface area (Å²) in [4.78, 5) is 11.5. The second-order valence-electron chi connectivity index (χ2n) is 3.12. The summed E-state index contributed by atoms with van der Waals surface area (Å²) in [5, 5.41) is 6.12. The third-order valence-corrected chi connectivity index (χ3v) is 3.36. The Hall–Kier alpha value is -1.35. The summed E-state index contributed by atoms with van der Waals surface area (Å²) in [5.41, 5.74) is 2.07. The molecule has 0 unspecified atom stereocenters. The highest BCUT2D eigenvalue weighted by molar-refractivity contribution is 7.17. The molecule has 1 aliphatic heterocycles. The molecule has 2 heterocycles. The number of thiophene rings is 1. The molecule has 64 valence electrons. The van der Waals surface area contributed by atoms with Crippen molar-refractivity contribution in [1.29, 1.82) is 0 Å². The minimum Gasteiger partial charge on any atom is -0.348 e. The largest absolute Gasteiger partial charge is 0.348 e. The SMILES string of the molecule is O=C1NCc2csc3cccc1c23. The first-order chi connectivity index (χ1) is 6.36. The molecule has 0 aliphatic carbocycles. The van der Waals surface area contributed by atoms with Gasteiger partial charge in [0.15, 0.2) is 0 Å². The lowest BCUT2D eigenvalue weighted by atomic mass is 10.0. The van der Waals surface area contributed by atoms with Gasteiger partial charge in [-0.2, -0.15) is 0 Å². The van der Waals surface area contributed by atoms with Crippen LogP contribution in [0.3, 0.4) is 0 Å². The first-order valence-corrected chi connectivity index (χ1v) is 5.01. The monoisotopic (exact) mass is 189 g/mol. The second kappa shape index (κ2) is 2.33. The maximum atomic E-state index is 11.5. The van der Waals surface area contributed by atoms with Gasteiger partial charge in [0.1, 0.15) is 0 Å². The van der Waals surface area contributed by atoms with Crippen molar-refractivity contribution in [3.05, 3.63) is 34.7 Å². The van der Waals surface area contributed by atoms with Crippen molar-refractivity contribution in [2.24, 2.45) is 0 Å². The fourth-order valence-corrected chi connectivity index (χ4v) is 2.73. The van der Waals surface area contributed by atoms with Gasteiger partial charge in [-0.3, -0.25) is 4.79 Å². The van der Waals surface area contributed by atoms with Gasteiger partial charge in [0, 0.05) is 22.2 Å². The predicted octanol–water partition coefficient (Wildman–Crippen LogP) is 2.14. The molecule has 0 fully saturated rings. The molecule has 0 saturated carbocycles. The van der Waals surface area contributed by atoms with Gasteiger partial charge in [0.05, 0.1) is 0 Å². The summed E-state index contributed by atoms with van der Waals surface area (Å²) in [7, 11) is 0. The Morgan fingerprint density at radius 2 is 2.31 bits per heavy atom. The fraction of sp³-hybridized carbons (Fsp3) is 0.100. The second-order valence-corrected chi connectivity index (χ2v) is 4.03. The molecule has 1 amide bonds.